The van der Waals surface area contributed by atoms with Gasteiger partial charge in [-0.05, 0) is 18.1 Å². The average molecular weight is 387 g/mol. The summed E-state index contributed by atoms with van der Waals surface area (Å²) in [4.78, 5) is 25.1. The van der Waals surface area contributed by atoms with E-state index < -0.39 is 23.9 Å². The molecule has 2 aliphatic rings. The molecular formula is C18H17ClF2O5. The van der Waals surface area contributed by atoms with Crippen LogP contribution in [-0.4, -0.2) is 30.9 Å². The van der Waals surface area contributed by atoms with Gasteiger partial charge in [0.25, 0.3) is 0 Å². The lowest BCUT2D eigenvalue weighted by molar-refractivity contribution is -0.118. The predicted molar refractivity (Wildman–Crippen MR) is 89.0 cm³/mol. The first-order valence-electron chi connectivity index (χ1n) is 8.09. The van der Waals surface area contributed by atoms with Gasteiger partial charge in [-0.25, -0.2) is 0 Å². The summed E-state index contributed by atoms with van der Waals surface area (Å²) in [7, 11) is 1.31. The quantitative estimate of drug-likeness (QED) is 0.784. The third kappa shape index (κ3) is 2.57. The summed E-state index contributed by atoms with van der Waals surface area (Å²) >= 11 is 6.35. The Hall–Kier alpha value is -2.15. The Kier molecular flexibility index (Phi) is 4.69. The number of aryl methyl sites for hydroxylation is 1. The number of alkyl halides is 2. The molecule has 1 heterocycles. The molecule has 1 aliphatic carbocycles. The number of rotatable bonds is 4. The average Bonchev–Trinajstić information content (AvgIpc) is 2.88. The van der Waals surface area contributed by atoms with E-state index >= 15 is 0 Å². The van der Waals surface area contributed by atoms with Gasteiger partial charge in [-0.1, -0.05) is 25.4 Å². The molecule has 0 aromatic heterocycles. The van der Waals surface area contributed by atoms with Gasteiger partial charge in [-0.2, -0.15) is 8.78 Å². The Morgan fingerprint density at radius 2 is 2.12 bits per heavy atom. The van der Waals surface area contributed by atoms with Crippen molar-refractivity contribution in [1.29, 1.82) is 0 Å². The number of benzene rings is 1. The van der Waals surface area contributed by atoms with Gasteiger partial charge < -0.3 is 14.2 Å². The Balaban J connectivity index is 2.24. The molecule has 0 bridgehead atoms. The summed E-state index contributed by atoms with van der Waals surface area (Å²) in [5.74, 6) is -1.68. The molecule has 0 saturated heterocycles. The second kappa shape index (κ2) is 6.54. The van der Waals surface area contributed by atoms with Crippen molar-refractivity contribution < 1.29 is 32.6 Å². The maximum atomic E-state index is 13.3. The molecule has 1 spiro atoms. The van der Waals surface area contributed by atoms with E-state index in [0.29, 0.717) is 12.0 Å². The molecule has 1 aromatic rings. The van der Waals surface area contributed by atoms with E-state index in [0.717, 1.165) is 0 Å². The van der Waals surface area contributed by atoms with Gasteiger partial charge in [0.1, 0.15) is 11.3 Å². The number of ether oxygens (including phenoxy) is 3. The summed E-state index contributed by atoms with van der Waals surface area (Å²) in [6.07, 6.45) is 1.68. The summed E-state index contributed by atoms with van der Waals surface area (Å²) in [5, 5.41) is 0.161. The molecular weight excluding hydrogens is 370 g/mol. The normalized spacial score (nSPS) is 24.6. The molecule has 0 radical (unpaired) electrons. The van der Waals surface area contributed by atoms with Crippen molar-refractivity contribution in [3.05, 3.63) is 34.1 Å². The van der Waals surface area contributed by atoms with Gasteiger partial charge in [-0.3, -0.25) is 9.59 Å². The minimum absolute atomic E-state index is 0.0178. The molecule has 0 saturated carbocycles. The Labute approximate surface area is 153 Å². The molecule has 26 heavy (non-hydrogen) atoms. The van der Waals surface area contributed by atoms with E-state index in [-0.39, 0.29) is 40.0 Å². The number of hydrogen-bond acceptors (Lipinski definition) is 5. The van der Waals surface area contributed by atoms with Gasteiger partial charge in [0, 0.05) is 18.4 Å². The number of carbonyl (C=O) groups excluding carboxylic acids is 2. The number of methoxy groups -OCH3 is 1. The van der Waals surface area contributed by atoms with Crippen LogP contribution in [0.3, 0.4) is 0 Å². The second-order valence-corrected chi connectivity index (χ2v) is 6.61. The largest absolute Gasteiger partial charge is 0.496 e. The zero-order chi connectivity index (χ0) is 19.2. The molecule has 140 valence electrons. The highest BCUT2D eigenvalue weighted by Crippen LogP contribution is 2.53. The first-order chi connectivity index (χ1) is 12.3. The van der Waals surface area contributed by atoms with Crippen LogP contribution in [0.5, 0.6) is 11.5 Å². The smallest absolute Gasteiger partial charge is 0.387 e. The standard InChI is InChI=1S/C18H17ClF2O5/c1-4-9-6-11(25-17(20)21)13-15(14(9)19)26-18(16(13)23)8(2)5-10(22)7-12(18)24-3/h6-8,17H,4-5H2,1-3H3/t8-,18+/m1/s1. The van der Waals surface area contributed by atoms with Crippen LogP contribution in [0.1, 0.15) is 36.2 Å². The van der Waals surface area contributed by atoms with Gasteiger partial charge >= 0.3 is 6.61 Å². The fraction of sp³-hybridized carbons (Fsp3) is 0.444. The van der Waals surface area contributed by atoms with Gasteiger partial charge in [0.2, 0.25) is 11.4 Å². The molecule has 5 nitrogen and oxygen atoms in total. The summed E-state index contributed by atoms with van der Waals surface area (Å²) in [5.41, 5.74) is -1.27. The van der Waals surface area contributed by atoms with Crippen LogP contribution >= 0.6 is 11.6 Å². The number of carbonyl (C=O) groups is 2. The molecule has 2 atom stereocenters. The predicted octanol–water partition coefficient (Wildman–Crippen LogP) is 3.96. The molecule has 0 unspecified atom stereocenters. The highest BCUT2D eigenvalue weighted by atomic mass is 35.5. The van der Waals surface area contributed by atoms with Crippen LogP contribution in [0, 0.1) is 5.92 Å². The second-order valence-electron chi connectivity index (χ2n) is 6.24. The summed E-state index contributed by atoms with van der Waals surface area (Å²) < 4.78 is 41.5. The van der Waals surface area contributed by atoms with Crippen LogP contribution in [-0.2, 0) is 16.0 Å². The minimum Gasteiger partial charge on any atom is -0.496 e. The van der Waals surface area contributed by atoms with Crippen molar-refractivity contribution in [2.45, 2.75) is 38.9 Å². The van der Waals surface area contributed by atoms with E-state index in [2.05, 4.69) is 4.74 Å². The lowest BCUT2D eigenvalue weighted by atomic mass is 9.75. The topological polar surface area (TPSA) is 61.8 Å². The molecule has 1 aliphatic heterocycles. The summed E-state index contributed by atoms with van der Waals surface area (Å²) in [6, 6.07) is 1.32. The zero-order valence-electron chi connectivity index (χ0n) is 14.4. The van der Waals surface area contributed by atoms with Crippen LogP contribution in [0.15, 0.2) is 17.9 Å². The van der Waals surface area contributed by atoms with Crippen molar-refractivity contribution in [3.8, 4) is 11.5 Å². The van der Waals surface area contributed by atoms with Crippen molar-refractivity contribution in [3.63, 3.8) is 0 Å². The highest BCUT2D eigenvalue weighted by Gasteiger charge is 2.59. The number of fused-ring (bicyclic) bond motifs is 1. The van der Waals surface area contributed by atoms with Crippen molar-refractivity contribution in [2.24, 2.45) is 5.92 Å². The van der Waals surface area contributed by atoms with Crippen LogP contribution in [0.25, 0.3) is 0 Å². The third-order valence-corrected chi connectivity index (χ3v) is 5.18. The Bertz CT molecular complexity index is 820. The minimum atomic E-state index is -3.11. The van der Waals surface area contributed by atoms with Crippen molar-refractivity contribution >= 4 is 23.2 Å². The van der Waals surface area contributed by atoms with E-state index in [4.69, 9.17) is 21.1 Å². The van der Waals surface area contributed by atoms with Gasteiger partial charge in [0.05, 0.1) is 12.1 Å². The molecule has 8 heteroatoms. The summed E-state index contributed by atoms with van der Waals surface area (Å²) in [6.45, 7) is 0.335. The molecule has 1 aromatic carbocycles. The van der Waals surface area contributed by atoms with Crippen LogP contribution < -0.4 is 9.47 Å². The molecule has 0 amide bonds. The first-order valence-corrected chi connectivity index (χ1v) is 8.47. The molecule has 0 fully saturated rings. The molecule has 0 N–H and O–H groups in total. The van der Waals surface area contributed by atoms with Crippen LogP contribution in [0.4, 0.5) is 8.78 Å². The van der Waals surface area contributed by atoms with E-state index in [1.54, 1.807) is 13.8 Å². The SMILES string of the molecule is CCc1cc(OC(F)F)c2c(c1Cl)O[C@]1(C2=O)C(OC)=CC(=O)C[C@H]1C. The first kappa shape index (κ1) is 18.6. The number of Topliss-reactive ketones (excluding diaryl/α,β-unsaturated/α-hetero) is 1. The van der Waals surface area contributed by atoms with E-state index in [1.807, 2.05) is 0 Å². The number of halogens is 3. The fourth-order valence-electron chi connectivity index (χ4n) is 3.51. The monoisotopic (exact) mass is 386 g/mol. The highest BCUT2D eigenvalue weighted by molar-refractivity contribution is 6.34. The number of hydrogen-bond donors (Lipinski definition) is 0. The molecule has 3 rings (SSSR count). The lowest BCUT2D eigenvalue weighted by Crippen LogP contribution is -2.51. The van der Waals surface area contributed by atoms with Crippen molar-refractivity contribution in [1.82, 2.24) is 0 Å². The lowest BCUT2D eigenvalue weighted by Gasteiger charge is -2.36. The number of ketones is 2. The van der Waals surface area contributed by atoms with Gasteiger partial charge in [0.15, 0.2) is 17.3 Å². The van der Waals surface area contributed by atoms with Crippen molar-refractivity contribution in [2.75, 3.05) is 7.11 Å². The Morgan fingerprint density at radius 3 is 2.69 bits per heavy atom. The van der Waals surface area contributed by atoms with E-state index in [1.165, 1.54) is 19.3 Å². The van der Waals surface area contributed by atoms with E-state index in [9.17, 15) is 18.4 Å². The fourth-order valence-corrected chi connectivity index (χ4v) is 3.83. The van der Waals surface area contributed by atoms with Crippen LogP contribution in [0.2, 0.25) is 5.02 Å². The number of allylic oxidation sites excluding steroid dienone is 1. The maximum absolute atomic E-state index is 13.3. The maximum Gasteiger partial charge on any atom is 0.387 e. The zero-order valence-corrected chi connectivity index (χ0v) is 15.2. The van der Waals surface area contributed by atoms with Gasteiger partial charge in [-0.15, -0.1) is 0 Å². The third-order valence-electron chi connectivity index (χ3n) is 4.76. The Morgan fingerprint density at radius 1 is 1.42 bits per heavy atom.